The molecule has 2 rings (SSSR count). The van der Waals surface area contributed by atoms with Crippen molar-refractivity contribution in [2.24, 2.45) is 0 Å². The van der Waals surface area contributed by atoms with Crippen LogP contribution < -0.4 is 5.32 Å². The third-order valence-electron chi connectivity index (χ3n) is 3.94. The highest BCUT2D eigenvalue weighted by atomic mass is 32.2. The van der Waals surface area contributed by atoms with Crippen molar-refractivity contribution in [3.8, 4) is 0 Å². The summed E-state index contributed by atoms with van der Waals surface area (Å²) in [6.45, 7) is 0.620. The van der Waals surface area contributed by atoms with E-state index in [-0.39, 0.29) is 30.6 Å². The maximum absolute atomic E-state index is 12.3. The Labute approximate surface area is 123 Å². The molecule has 0 aromatic rings. The molecule has 1 saturated carbocycles. The molecule has 1 aliphatic heterocycles. The van der Waals surface area contributed by atoms with Crippen LogP contribution in [0.4, 0.5) is 4.79 Å². The molecular formula is C13H22N2O4S. The Morgan fingerprint density at radius 3 is 2.90 bits per heavy atom. The van der Waals surface area contributed by atoms with Crippen LogP contribution in [0.15, 0.2) is 0 Å². The number of hydrogen-bond acceptors (Lipinski definition) is 4. The van der Waals surface area contributed by atoms with Gasteiger partial charge < -0.3 is 20.1 Å². The van der Waals surface area contributed by atoms with Crippen LogP contribution >= 0.6 is 11.8 Å². The monoisotopic (exact) mass is 302 g/mol. The summed E-state index contributed by atoms with van der Waals surface area (Å²) in [5, 5.41) is 12.0. The van der Waals surface area contributed by atoms with Gasteiger partial charge in [-0.15, -0.1) is 0 Å². The Kier molecular flexibility index (Phi) is 5.54. The minimum atomic E-state index is -0.851. The van der Waals surface area contributed by atoms with Gasteiger partial charge in [-0.1, -0.05) is 0 Å². The van der Waals surface area contributed by atoms with E-state index in [4.69, 9.17) is 9.84 Å². The van der Waals surface area contributed by atoms with Crippen molar-refractivity contribution in [3.63, 3.8) is 0 Å². The molecule has 0 radical (unpaired) electrons. The Hall–Kier alpha value is -0.950. The lowest BCUT2D eigenvalue weighted by atomic mass is 10.2. The van der Waals surface area contributed by atoms with Gasteiger partial charge in [-0.3, -0.25) is 4.79 Å². The van der Waals surface area contributed by atoms with Crippen LogP contribution in [-0.4, -0.2) is 65.4 Å². The van der Waals surface area contributed by atoms with Gasteiger partial charge in [-0.05, 0) is 19.3 Å². The zero-order chi connectivity index (χ0) is 14.5. The summed E-state index contributed by atoms with van der Waals surface area (Å²) < 4.78 is 5.30. The number of methoxy groups -OCH3 is 1. The van der Waals surface area contributed by atoms with Crippen LogP contribution in [0.5, 0.6) is 0 Å². The minimum Gasteiger partial charge on any atom is -0.481 e. The topological polar surface area (TPSA) is 78.9 Å². The first-order valence-electron chi connectivity index (χ1n) is 6.99. The van der Waals surface area contributed by atoms with Crippen LogP contribution in [0.25, 0.3) is 0 Å². The molecule has 1 heterocycles. The number of nitrogens with zero attached hydrogens (tertiary/aromatic N) is 1. The third-order valence-corrected chi connectivity index (χ3v) is 5.04. The van der Waals surface area contributed by atoms with E-state index in [2.05, 4.69) is 5.32 Å². The molecule has 0 spiro atoms. The summed E-state index contributed by atoms with van der Waals surface area (Å²) in [5.74, 6) is 0.718. The average molecular weight is 302 g/mol. The zero-order valence-corrected chi connectivity index (χ0v) is 12.5. The molecular weight excluding hydrogens is 280 g/mol. The zero-order valence-electron chi connectivity index (χ0n) is 11.7. The van der Waals surface area contributed by atoms with Gasteiger partial charge in [-0.25, -0.2) is 4.79 Å². The molecule has 2 amide bonds. The highest BCUT2D eigenvalue weighted by Crippen LogP contribution is 2.23. The van der Waals surface area contributed by atoms with Crippen LogP contribution in [0.1, 0.15) is 25.7 Å². The molecule has 1 saturated heterocycles. The lowest BCUT2D eigenvalue weighted by Crippen LogP contribution is -2.53. The summed E-state index contributed by atoms with van der Waals surface area (Å²) in [6, 6.07) is -0.184. The van der Waals surface area contributed by atoms with Crippen LogP contribution in [0.3, 0.4) is 0 Å². The van der Waals surface area contributed by atoms with Gasteiger partial charge >= 0.3 is 12.0 Å². The number of hydrogen-bond donors (Lipinski definition) is 2. The van der Waals surface area contributed by atoms with Crippen molar-refractivity contribution in [2.75, 3.05) is 25.2 Å². The average Bonchev–Trinajstić information content (AvgIpc) is 2.86. The number of thioether (sulfide) groups is 1. The van der Waals surface area contributed by atoms with Crippen molar-refractivity contribution in [3.05, 3.63) is 0 Å². The van der Waals surface area contributed by atoms with Crippen LogP contribution in [0, 0.1) is 0 Å². The van der Waals surface area contributed by atoms with Gasteiger partial charge in [0, 0.05) is 31.2 Å². The van der Waals surface area contributed by atoms with Crippen LogP contribution in [-0.2, 0) is 9.53 Å². The largest absolute Gasteiger partial charge is 0.481 e. The van der Waals surface area contributed by atoms with E-state index in [0.717, 1.165) is 25.0 Å². The molecule has 6 nitrogen and oxygen atoms in total. The van der Waals surface area contributed by atoms with Gasteiger partial charge in [-0.2, -0.15) is 11.8 Å². The number of amides is 2. The van der Waals surface area contributed by atoms with Gasteiger partial charge in [0.05, 0.1) is 18.6 Å². The molecule has 20 heavy (non-hydrogen) atoms. The predicted molar refractivity (Wildman–Crippen MR) is 77.0 cm³/mol. The van der Waals surface area contributed by atoms with Crippen LogP contribution in [0.2, 0.25) is 0 Å². The minimum absolute atomic E-state index is 0.0196. The Bertz CT molecular complexity index is 366. The molecule has 0 aromatic heterocycles. The lowest BCUT2D eigenvalue weighted by Gasteiger charge is -2.35. The van der Waals surface area contributed by atoms with E-state index in [9.17, 15) is 9.59 Å². The number of urea groups is 1. The number of ether oxygens (including phenoxy) is 1. The summed E-state index contributed by atoms with van der Waals surface area (Å²) in [5.41, 5.74) is 0. The van der Waals surface area contributed by atoms with Gasteiger partial charge in [0.25, 0.3) is 0 Å². The van der Waals surface area contributed by atoms with E-state index < -0.39 is 5.97 Å². The maximum Gasteiger partial charge on any atom is 0.317 e. The SMILES string of the molecule is COC1CCC(NC(=O)N2CCSCC2CC(=O)O)C1. The molecule has 3 unspecified atom stereocenters. The smallest absolute Gasteiger partial charge is 0.317 e. The molecule has 0 aromatic carbocycles. The first-order chi connectivity index (χ1) is 9.60. The van der Waals surface area contributed by atoms with E-state index in [1.165, 1.54) is 0 Å². The van der Waals surface area contributed by atoms with Crippen molar-refractivity contribution >= 4 is 23.8 Å². The van der Waals surface area contributed by atoms with Crippen molar-refractivity contribution < 1.29 is 19.4 Å². The van der Waals surface area contributed by atoms with Crippen molar-refractivity contribution in [1.29, 1.82) is 0 Å². The van der Waals surface area contributed by atoms with Crippen molar-refractivity contribution in [1.82, 2.24) is 10.2 Å². The van der Waals surface area contributed by atoms with Gasteiger partial charge in [0.15, 0.2) is 0 Å². The molecule has 3 atom stereocenters. The second-order valence-corrected chi connectivity index (χ2v) is 6.49. The standard InChI is InChI=1S/C13H22N2O4S/c1-19-11-3-2-9(6-11)14-13(18)15-4-5-20-8-10(15)7-12(16)17/h9-11H,2-8H2,1H3,(H,14,18)(H,16,17). The highest BCUT2D eigenvalue weighted by Gasteiger charge is 2.32. The van der Waals surface area contributed by atoms with E-state index in [0.29, 0.717) is 12.3 Å². The summed E-state index contributed by atoms with van der Waals surface area (Å²) in [6.07, 6.45) is 2.99. The fourth-order valence-electron chi connectivity index (χ4n) is 2.84. The second-order valence-electron chi connectivity index (χ2n) is 5.34. The Morgan fingerprint density at radius 2 is 2.25 bits per heavy atom. The number of rotatable bonds is 4. The first-order valence-corrected chi connectivity index (χ1v) is 8.15. The summed E-state index contributed by atoms with van der Waals surface area (Å²) in [7, 11) is 1.69. The van der Waals surface area contributed by atoms with E-state index in [1.54, 1.807) is 23.8 Å². The Morgan fingerprint density at radius 1 is 1.45 bits per heavy atom. The number of carbonyl (C=O) groups is 2. The highest BCUT2D eigenvalue weighted by molar-refractivity contribution is 7.99. The molecule has 0 bridgehead atoms. The lowest BCUT2D eigenvalue weighted by molar-refractivity contribution is -0.137. The van der Waals surface area contributed by atoms with E-state index >= 15 is 0 Å². The van der Waals surface area contributed by atoms with E-state index in [1.807, 2.05) is 0 Å². The number of nitrogens with one attached hydrogen (secondary N) is 1. The summed E-state index contributed by atoms with van der Waals surface area (Å²) >= 11 is 1.71. The maximum atomic E-state index is 12.3. The van der Waals surface area contributed by atoms with Crippen molar-refractivity contribution in [2.45, 2.75) is 43.9 Å². The molecule has 2 aliphatic rings. The number of carbonyl (C=O) groups excluding carboxylic acids is 1. The third kappa shape index (κ3) is 4.02. The molecule has 114 valence electrons. The fraction of sp³-hybridized carbons (Fsp3) is 0.846. The first kappa shape index (κ1) is 15.4. The quantitative estimate of drug-likeness (QED) is 0.814. The number of carboxylic acids is 1. The normalized spacial score (nSPS) is 30.2. The molecule has 1 aliphatic carbocycles. The number of carboxylic acid groups (broad SMARTS) is 1. The predicted octanol–water partition coefficient (Wildman–Crippen LogP) is 1.16. The Balaban J connectivity index is 1.87. The molecule has 2 N–H and O–H groups in total. The second kappa shape index (κ2) is 7.17. The summed E-state index contributed by atoms with van der Waals surface area (Å²) in [4.78, 5) is 24.9. The fourth-order valence-corrected chi connectivity index (χ4v) is 3.90. The van der Waals surface area contributed by atoms with Gasteiger partial charge in [0.1, 0.15) is 0 Å². The molecule has 7 heteroatoms. The number of aliphatic carboxylic acids is 1. The van der Waals surface area contributed by atoms with Gasteiger partial charge in [0.2, 0.25) is 0 Å². The molecule has 2 fully saturated rings.